The van der Waals surface area contributed by atoms with Gasteiger partial charge in [0.05, 0.1) is 13.2 Å². The smallest absolute Gasteiger partial charge is 0.0875 e. The topological polar surface area (TPSA) is 36.9 Å². The number of rotatable bonds is 7. The third-order valence-electron chi connectivity index (χ3n) is 0.790. The van der Waals surface area contributed by atoms with Crippen molar-refractivity contribution >= 4 is 0 Å². The zero-order valence-electron chi connectivity index (χ0n) is 6.46. The van der Waals surface area contributed by atoms with E-state index in [2.05, 4.69) is 14.8 Å². The van der Waals surface area contributed by atoms with E-state index in [9.17, 15) is 0 Å². The minimum absolute atomic E-state index is 0.490. The lowest BCUT2D eigenvalue weighted by Gasteiger charge is -1.99. The first-order valence-corrected chi connectivity index (χ1v) is 3.31. The Hall–Kier alpha value is -0.160. The summed E-state index contributed by atoms with van der Waals surface area (Å²) >= 11 is 0. The van der Waals surface area contributed by atoms with E-state index in [1.807, 2.05) is 6.92 Å². The Morgan fingerprint density at radius 2 is 1.90 bits per heavy atom. The van der Waals surface area contributed by atoms with E-state index in [1.54, 1.807) is 7.11 Å². The van der Waals surface area contributed by atoms with Crippen molar-refractivity contribution in [2.24, 2.45) is 0 Å². The van der Waals surface area contributed by atoms with Crippen molar-refractivity contribution in [3.05, 3.63) is 0 Å². The highest BCUT2D eigenvalue weighted by Crippen LogP contribution is 1.85. The van der Waals surface area contributed by atoms with Crippen LogP contribution in [0.15, 0.2) is 0 Å². The van der Waals surface area contributed by atoms with Crippen LogP contribution < -0.4 is 0 Å². The highest BCUT2D eigenvalue weighted by atomic mass is 17.5. The predicted octanol–water partition coefficient (Wildman–Crippen LogP) is 0.923. The van der Waals surface area contributed by atoms with Gasteiger partial charge in [-0.2, -0.15) is 0 Å². The lowest BCUT2D eigenvalue weighted by Crippen LogP contribution is -2.00. The van der Waals surface area contributed by atoms with E-state index in [0.29, 0.717) is 19.8 Å². The summed E-state index contributed by atoms with van der Waals surface area (Å²) in [6.07, 6.45) is 0.809. The molecule has 0 aromatic rings. The molecule has 4 nitrogen and oxygen atoms in total. The first-order valence-electron chi connectivity index (χ1n) is 3.31. The summed E-state index contributed by atoms with van der Waals surface area (Å²) < 4.78 is 4.77. The summed E-state index contributed by atoms with van der Waals surface area (Å²) in [4.78, 5) is 9.02. The average Bonchev–Trinajstić information content (AvgIpc) is 1.97. The normalized spacial score (nSPS) is 10.2. The van der Waals surface area contributed by atoms with E-state index in [1.165, 1.54) is 0 Å². The minimum Gasteiger partial charge on any atom is -0.385 e. The lowest BCUT2D eigenvalue weighted by molar-refractivity contribution is -0.511. The van der Waals surface area contributed by atoms with Crippen molar-refractivity contribution in [2.45, 2.75) is 13.3 Å². The fourth-order valence-electron chi connectivity index (χ4n) is 0.378. The molecule has 0 aliphatic rings. The molecular formula is C6H14O4. The summed E-state index contributed by atoms with van der Waals surface area (Å²) in [6.45, 7) is 3.48. The van der Waals surface area contributed by atoms with Gasteiger partial charge in [-0.15, -0.1) is 0 Å². The van der Waals surface area contributed by atoms with Gasteiger partial charge in [0.1, 0.15) is 0 Å². The number of hydrogen-bond acceptors (Lipinski definition) is 4. The Balaban J connectivity index is 2.65. The molecule has 0 rings (SSSR count). The van der Waals surface area contributed by atoms with Crippen molar-refractivity contribution in [1.29, 1.82) is 0 Å². The summed E-state index contributed by atoms with van der Waals surface area (Å²) in [6, 6.07) is 0. The van der Waals surface area contributed by atoms with Gasteiger partial charge in [0, 0.05) is 13.7 Å². The molecule has 0 fully saturated rings. The number of ether oxygens (including phenoxy) is 1. The van der Waals surface area contributed by atoms with Gasteiger partial charge < -0.3 is 4.74 Å². The highest BCUT2D eigenvalue weighted by Gasteiger charge is 1.87. The van der Waals surface area contributed by atoms with Gasteiger partial charge >= 0.3 is 0 Å². The van der Waals surface area contributed by atoms with Crippen molar-refractivity contribution in [1.82, 2.24) is 0 Å². The van der Waals surface area contributed by atoms with Crippen LogP contribution >= 0.6 is 0 Å². The third kappa shape index (κ3) is 7.84. The third-order valence-corrected chi connectivity index (χ3v) is 0.790. The largest absolute Gasteiger partial charge is 0.385 e. The standard InChI is InChI=1S/C6H14O4/c1-3-8-10-9-6-4-5-7-2/h3-6H2,1-2H3. The van der Waals surface area contributed by atoms with Crippen LogP contribution in [0.3, 0.4) is 0 Å². The van der Waals surface area contributed by atoms with Crippen LogP contribution in [-0.4, -0.2) is 26.9 Å². The van der Waals surface area contributed by atoms with Crippen LogP contribution in [0.2, 0.25) is 0 Å². The van der Waals surface area contributed by atoms with Crippen LogP contribution in [0.5, 0.6) is 0 Å². The van der Waals surface area contributed by atoms with Gasteiger partial charge in [-0.25, -0.2) is 9.78 Å². The molecule has 62 valence electrons. The van der Waals surface area contributed by atoms with Crippen molar-refractivity contribution in [3.63, 3.8) is 0 Å². The second-order valence-electron chi connectivity index (χ2n) is 1.64. The maximum absolute atomic E-state index is 4.77. The van der Waals surface area contributed by atoms with E-state index >= 15 is 0 Å². The Morgan fingerprint density at radius 3 is 2.50 bits per heavy atom. The predicted molar refractivity (Wildman–Crippen MR) is 35.2 cm³/mol. The molecule has 0 amide bonds. The highest BCUT2D eigenvalue weighted by molar-refractivity contribution is 4.27. The van der Waals surface area contributed by atoms with Crippen LogP contribution in [-0.2, 0) is 19.6 Å². The fourth-order valence-corrected chi connectivity index (χ4v) is 0.378. The zero-order chi connectivity index (χ0) is 7.66. The molecule has 0 unspecified atom stereocenters. The van der Waals surface area contributed by atoms with Crippen molar-refractivity contribution in [3.8, 4) is 0 Å². The molecule has 0 spiro atoms. The van der Waals surface area contributed by atoms with E-state index in [4.69, 9.17) is 4.74 Å². The van der Waals surface area contributed by atoms with Crippen LogP contribution in [0.4, 0.5) is 0 Å². The van der Waals surface area contributed by atoms with Gasteiger partial charge in [-0.1, -0.05) is 5.04 Å². The Morgan fingerprint density at radius 1 is 1.10 bits per heavy atom. The summed E-state index contributed by atoms with van der Waals surface area (Å²) in [5, 5.41) is 4.27. The molecule has 0 aliphatic heterocycles. The Labute approximate surface area is 60.9 Å². The molecule has 0 saturated carbocycles. The van der Waals surface area contributed by atoms with Gasteiger partial charge in [-0.05, 0) is 13.3 Å². The summed E-state index contributed by atoms with van der Waals surface area (Å²) in [7, 11) is 1.64. The second kappa shape index (κ2) is 8.84. The molecule has 4 heteroatoms. The van der Waals surface area contributed by atoms with Gasteiger partial charge in [0.2, 0.25) is 0 Å². The maximum atomic E-state index is 4.77. The Kier molecular flexibility index (Phi) is 8.70. The maximum Gasteiger partial charge on any atom is 0.0875 e. The molecule has 0 bridgehead atoms. The first kappa shape index (κ1) is 9.84. The quantitative estimate of drug-likeness (QED) is 0.307. The molecule has 0 aromatic heterocycles. The number of hydrogen-bond donors (Lipinski definition) is 0. The first-order chi connectivity index (χ1) is 4.91. The SMILES string of the molecule is CCOOOCCCOC. The molecule has 0 radical (unpaired) electrons. The van der Waals surface area contributed by atoms with Crippen LogP contribution in [0, 0.1) is 0 Å². The monoisotopic (exact) mass is 150 g/mol. The summed E-state index contributed by atoms with van der Waals surface area (Å²) in [5.74, 6) is 0. The molecular weight excluding hydrogens is 136 g/mol. The van der Waals surface area contributed by atoms with Crippen molar-refractivity contribution < 1.29 is 19.6 Å². The Bertz CT molecular complexity index is 49.7. The van der Waals surface area contributed by atoms with E-state index in [0.717, 1.165) is 6.42 Å². The number of methoxy groups -OCH3 is 1. The molecule has 0 aromatic carbocycles. The van der Waals surface area contributed by atoms with E-state index < -0.39 is 0 Å². The molecule has 0 atom stereocenters. The van der Waals surface area contributed by atoms with Crippen LogP contribution in [0.1, 0.15) is 13.3 Å². The minimum atomic E-state index is 0.490. The van der Waals surface area contributed by atoms with E-state index in [-0.39, 0.29) is 0 Å². The van der Waals surface area contributed by atoms with Gasteiger partial charge in [0.15, 0.2) is 0 Å². The van der Waals surface area contributed by atoms with Crippen molar-refractivity contribution in [2.75, 3.05) is 26.9 Å². The zero-order valence-corrected chi connectivity index (χ0v) is 6.46. The molecule has 10 heavy (non-hydrogen) atoms. The van der Waals surface area contributed by atoms with Crippen LogP contribution in [0.25, 0.3) is 0 Å². The molecule has 0 N–H and O–H groups in total. The molecule has 0 heterocycles. The molecule has 0 saturated heterocycles. The summed E-state index contributed by atoms with van der Waals surface area (Å²) in [5.41, 5.74) is 0. The van der Waals surface area contributed by atoms with Gasteiger partial charge in [-0.3, -0.25) is 0 Å². The average molecular weight is 150 g/mol. The van der Waals surface area contributed by atoms with Gasteiger partial charge in [0.25, 0.3) is 0 Å². The molecule has 0 aliphatic carbocycles. The fraction of sp³-hybridized carbons (Fsp3) is 1.00. The lowest BCUT2D eigenvalue weighted by atomic mass is 10.5. The second-order valence-corrected chi connectivity index (χ2v) is 1.64.